The van der Waals surface area contributed by atoms with E-state index < -0.39 is 5.97 Å². The molecule has 4 aromatic rings. The van der Waals surface area contributed by atoms with Crippen LogP contribution in [0.3, 0.4) is 0 Å². The second-order valence-corrected chi connectivity index (χ2v) is 6.68. The SMILES string of the molecule is CC.COC(=O)c1ccccc1Nc1nn2c(Cc3ccc(O)cc3)nnc2s1. The molecule has 2 N–H and O–H groups in total. The van der Waals surface area contributed by atoms with Crippen molar-refractivity contribution in [2.75, 3.05) is 12.4 Å². The third kappa shape index (κ3) is 4.52. The summed E-state index contributed by atoms with van der Waals surface area (Å²) in [5.41, 5.74) is 2.02. The topological polar surface area (TPSA) is 102 Å². The number of benzene rings is 2. The third-order valence-electron chi connectivity index (χ3n) is 3.93. The molecule has 9 heteroatoms. The van der Waals surface area contributed by atoms with Gasteiger partial charge in [0.2, 0.25) is 10.1 Å². The molecule has 0 saturated carbocycles. The fourth-order valence-electron chi connectivity index (χ4n) is 2.61. The van der Waals surface area contributed by atoms with Crippen molar-refractivity contribution in [2.45, 2.75) is 20.3 Å². The van der Waals surface area contributed by atoms with Gasteiger partial charge in [0.25, 0.3) is 0 Å². The van der Waals surface area contributed by atoms with E-state index in [0.717, 1.165) is 5.56 Å². The summed E-state index contributed by atoms with van der Waals surface area (Å²) in [5.74, 6) is 0.477. The fraction of sp³-hybridized carbons (Fsp3) is 0.200. The first-order valence-electron chi connectivity index (χ1n) is 9.07. The number of para-hydroxylation sites is 1. The highest BCUT2D eigenvalue weighted by Crippen LogP contribution is 2.26. The van der Waals surface area contributed by atoms with E-state index in [1.165, 1.54) is 18.4 Å². The largest absolute Gasteiger partial charge is 0.508 e. The summed E-state index contributed by atoms with van der Waals surface area (Å²) >= 11 is 1.33. The van der Waals surface area contributed by atoms with Crippen LogP contribution in [0.25, 0.3) is 4.96 Å². The summed E-state index contributed by atoms with van der Waals surface area (Å²) < 4.78 is 6.48. The molecule has 4 rings (SSSR count). The molecule has 2 aromatic heterocycles. The van der Waals surface area contributed by atoms with Crippen LogP contribution in [0, 0.1) is 0 Å². The monoisotopic (exact) mass is 411 g/mol. The Bertz CT molecular complexity index is 1100. The first kappa shape index (κ1) is 20.3. The van der Waals surface area contributed by atoms with Gasteiger partial charge < -0.3 is 15.2 Å². The fourth-order valence-corrected chi connectivity index (χ4v) is 3.38. The number of fused-ring (bicyclic) bond motifs is 1. The average molecular weight is 411 g/mol. The number of hydrogen-bond donors (Lipinski definition) is 2. The molecule has 0 bridgehead atoms. The van der Waals surface area contributed by atoms with Crippen molar-refractivity contribution < 1.29 is 14.6 Å². The molecule has 0 fully saturated rings. The zero-order valence-electron chi connectivity index (χ0n) is 16.3. The summed E-state index contributed by atoms with van der Waals surface area (Å²) in [7, 11) is 1.35. The van der Waals surface area contributed by atoms with Crippen LogP contribution in [0.1, 0.15) is 35.6 Å². The van der Waals surface area contributed by atoms with Crippen LogP contribution >= 0.6 is 11.3 Å². The minimum absolute atomic E-state index is 0.217. The standard InChI is InChI=1S/C18H15N5O3S.C2H6/c1-26-16(25)13-4-2-3-5-14(13)19-17-22-23-15(20-21-18(23)27-17)10-11-6-8-12(24)9-7-11;1-2/h2-9,24H,10H2,1H3,(H,19,22);1-2H3. The normalized spacial score (nSPS) is 10.3. The van der Waals surface area contributed by atoms with Crippen molar-refractivity contribution in [2.24, 2.45) is 0 Å². The molecule has 0 aliphatic heterocycles. The van der Waals surface area contributed by atoms with Gasteiger partial charge >= 0.3 is 5.97 Å². The van der Waals surface area contributed by atoms with E-state index in [4.69, 9.17) is 4.74 Å². The number of anilines is 2. The number of ether oxygens (including phenoxy) is 1. The molecule has 0 unspecified atom stereocenters. The predicted octanol–water partition coefficient (Wildman–Crippen LogP) is 4.04. The number of carbonyl (C=O) groups is 1. The zero-order chi connectivity index (χ0) is 20.8. The highest BCUT2D eigenvalue weighted by atomic mass is 32.1. The molecule has 0 amide bonds. The van der Waals surface area contributed by atoms with Crippen molar-refractivity contribution in [3.05, 3.63) is 65.5 Å². The first-order chi connectivity index (χ1) is 14.1. The zero-order valence-corrected chi connectivity index (χ0v) is 17.1. The molecule has 0 radical (unpaired) electrons. The molecular weight excluding hydrogens is 390 g/mol. The van der Waals surface area contributed by atoms with Gasteiger partial charge in [0.15, 0.2) is 5.82 Å². The maximum Gasteiger partial charge on any atom is 0.339 e. The maximum atomic E-state index is 11.9. The molecule has 29 heavy (non-hydrogen) atoms. The Balaban J connectivity index is 0.00000117. The quantitative estimate of drug-likeness (QED) is 0.478. The molecule has 0 aliphatic rings. The van der Waals surface area contributed by atoms with Crippen molar-refractivity contribution in [3.8, 4) is 5.75 Å². The van der Waals surface area contributed by atoms with E-state index in [9.17, 15) is 9.90 Å². The lowest BCUT2D eigenvalue weighted by Gasteiger charge is -2.07. The highest BCUT2D eigenvalue weighted by molar-refractivity contribution is 7.20. The second kappa shape index (κ2) is 9.16. The van der Waals surface area contributed by atoms with Gasteiger partial charge in [0, 0.05) is 6.42 Å². The van der Waals surface area contributed by atoms with Gasteiger partial charge in [-0.25, -0.2) is 4.79 Å². The Kier molecular flexibility index (Phi) is 6.40. The number of esters is 1. The van der Waals surface area contributed by atoms with Gasteiger partial charge in [-0.1, -0.05) is 49.4 Å². The van der Waals surface area contributed by atoms with E-state index in [1.807, 2.05) is 32.0 Å². The number of methoxy groups -OCH3 is 1. The lowest BCUT2D eigenvalue weighted by molar-refractivity contribution is 0.0602. The number of aromatic hydroxyl groups is 1. The van der Waals surface area contributed by atoms with Crippen molar-refractivity contribution in [1.82, 2.24) is 19.8 Å². The lowest BCUT2D eigenvalue weighted by atomic mass is 10.1. The Morgan fingerprint density at radius 2 is 1.86 bits per heavy atom. The van der Waals surface area contributed by atoms with Crippen LogP contribution in [0.4, 0.5) is 10.8 Å². The second-order valence-electron chi connectivity index (χ2n) is 5.72. The van der Waals surface area contributed by atoms with Gasteiger partial charge in [-0.3, -0.25) is 0 Å². The summed E-state index contributed by atoms with van der Waals surface area (Å²) in [6.07, 6.45) is 0.531. The Morgan fingerprint density at radius 3 is 2.59 bits per heavy atom. The van der Waals surface area contributed by atoms with Crippen LogP contribution in [0.5, 0.6) is 5.75 Å². The molecule has 0 saturated heterocycles. The number of nitrogens with zero attached hydrogens (tertiary/aromatic N) is 4. The van der Waals surface area contributed by atoms with E-state index in [-0.39, 0.29) is 5.75 Å². The molecule has 8 nitrogen and oxygen atoms in total. The summed E-state index contributed by atoms with van der Waals surface area (Å²) in [4.78, 5) is 12.5. The summed E-state index contributed by atoms with van der Waals surface area (Å²) in [6.45, 7) is 4.00. The summed E-state index contributed by atoms with van der Waals surface area (Å²) in [6, 6.07) is 14.0. The number of phenolic OH excluding ortho intramolecular Hbond substituents is 1. The smallest absolute Gasteiger partial charge is 0.339 e. The van der Waals surface area contributed by atoms with Gasteiger partial charge in [-0.15, -0.1) is 15.3 Å². The molecule has 150 valence electrons. The highest BCUT2D eigenvalue weighted by Gasteiger charge is 2.15. The van der Waals surface area contributed by atoms with Gasteiger partial charge in [-0.05, 0) is 29.8 Å². The number of carbonyl (C=O) groups excluding carboxylic acids is 1. The van der Waals surface area contributed by atoms with Crippen molar-refractivity contribution in [3.63, 3.8) is 0 Å². The maximum absolute atomic E-state index is 11.9. The van der Waals surface area contributed by atoms with Crippen LogP contribution in [-0.4, -0.2) is 38.0 Å². The van der Waals surface area contributed by atoms with E-state index in [0.29, 0.717) is 33.6 Å². The lowest BCUT2D eigenvalue weighted by Crippen LogP contribution is -2.05. The van der Waals surface area contributed by atoms with Crippen LogP contribution in [0.2, 0.25) is 0 Å². The van der Waals surface area contributed by atoms with Crippen molar-refractivity contribution in [1.29, 1.82) is 0 Å². The van der Waals surface area contributed by atoms with Crippen LogP contribution < -0.4 is 5.32 Å². The van der Waals surface area contributed by atoms with E-state index in [1.54, 1.807) is 34.8 Å². The van der Waals surface area contributed by atoms with Crippen LogP contribution in [-0.2, 0) is 11.2 Å². The predicted molar refractivity (Wildman–Crippen MR) is 112 cm³/mol. The van der Waals surface area contributed by atoms with Crippen LogP contribution in [0.15, 0.2) is 48.5 Å². The number of nitrogens with one attached hydrogen (secondary N) is 1. The number of aromatic nitrogens is 4. The third-order valence-corrected chi connectivity index (χ3v) is 4.74. The number of phenols is 1. The Labute approximate surface area is 171 Å². The average Bonchev–Trinajstić information content (AvgIpc) is 3.32. The molecule has 2 heterocycles. The molecule has 0 atom stereocenters. The van der Waals surface area contributed by atoms with Gasteiger partial charge in [0.1, 0.15) is 5.75 Å². The molecule has 0 aliphatic carbocycles. The number of rotatable bonds is 5. The minimum Gasteiger partial charge on any atom is -0.508 e. The summed E-state index contributed by atoms with van der Waals surface area (Å²) in [5, 5.41) is 26.0. The Hall–Kier alpha value is -3.46. The molecular formula is C20H21N5O3S. The van der Waals surface area contributed by atoms with Crippen molar-refractivity contribution >= 4 is 33.1 Å². The van der Waals surface area contributed by atoms with E-state index in [2.05, 4.69) is 20.6 Å². The molecule has 0 spiro atoms. The van der Waals surface area contributed by atoms with Gasteiger partial charge in [-0.2, -0.15) is 4.52 Å². The van der Waals surface area contributed by atoms with E-state index >= 15 is 0 Å². The Morgan fingerprint density at radius 1 is 1.14 bits per heavy atom. The van der Waals surface area contributed by atoms with Gasteiger partial charge in [0.05, 0.1) is 18.4 Å². The molecule has 2 aromatic carbocycles. The minimum atomic E-state index is -0.422. The number of hydrogen-bond acceptors (Lipinski definition) is 8. The first-order valence-corrected chi connectivity index (χ1v) is 9.89.